The predicted molar refractivity (Wildman–Crippen MR) is 33.2 cm³/mol. The van der Waals surface area contributed by atoms with Gasteiger partial charge in [0.05, 0.1) is 0 Å². The Morgan fingerprint density at radius 2 is 2.60 bits per heavy atom. The van der Waals surface area contributed by atoms with Crippen molar-refractivity contribution in [1.82, 2.24) is 4.98 Å². The Kier molecular flexibility index (Phi) is 1.49. The number of hydrogen-bond acceptors (Lipinski definition) is 4. The van der Waals surface area contributed by atoms with Crippen LogP contribution in [0.25, 0.3) is 6.08 Å². The Balaban J connectivity index is 2.98. The molecule has 1 heterocycles. The molecular weight excluding hydrogens is 136 g/mol. The average molecular weight is 140 g/mol. The van der Waals surface area contributed by atoms with E-state index in [0.717, 1.165) is 0 Å². The van der Waals surface area contributed by atoms with Crippen molar-refractivity contribution in [3.63, 3.8) is 0 Å². The Labute approximate surface area is 56.1 Å². The first-order chi connectivity index (χ1) is 4.74. The third kappa shape index (κ3) is 1.02. The summed E-state index contributed by atoms with van der Waals surface area (Å²) in [7, 11) is 0. The van der Waals surface area contributed by atoms with Gasteiger partial charge in [-0.1, -0.05) is 6.58 Å². The third-order valence-electron chi connectivity index (χ3n) is 0.869. The molecule has 0 unspecified atom stereocenters. The fraction of sp³-hybridized carbons (Fsp3) is 0. The molecule has 52 valence electrons. The quantitative estimate of drug-likeness (QED) is 0.457. The maximum atomic E-state index is 9.95. The number of aromatic nitrogens is 1. The van der Waals surface area contributed by atoms with Gasteiger partial charge in [0, 0.05) is 4.92 Å². The number of hydrogen-bond donors (Lipinski definition) is 0. The molecule has 0 atom stereocenters. The smallest absolute Gasteiger partial charge is 0.382 e. The first-order valence-electron chi connectivity index (χ1n) is 2.46. The largest absolute Gasteiger partial charge is 0.546 e. The van der Waals surface area contributed by atoms with Crippen molar-refractivity contribution in [1.29, 1.82) is 0 Å². The fourth-order valence-electron chi connectivity index (χ4n) is 0.456. The Hall–Kier alpha value is -1.65. The lowest BCUT2D eigenvalue weighted by Crippen LogP contribution is -1.85. The summed E-state index contributed by atoms with van der Waals surface area (Å²) >= 11 is 0. The minimum atomic E-state index is -0.701. The number of nitrogens with zero attached hydrogens (tertiary/aromatic N) is 2. The van der Waals surface area contributed by atoms with Crippen LogP contribution in [0.15, 0.2) is 17.2 Å². The molecule has 1 aromatic rings. The molecule has 5 heteroatoms. The van der Waals surface area contributed by atoms with Gasteiger partial charge in [-0.2, -0.15) is 0 Å². The summed E-state index contributed by atoms with van der Waals surface area (Å²) < 4.78 is 4.57. The monoisotopic (exact) mass is 140 g/mol. The summed E-state index contributed by atoms with van der Waals surface area (Å²) in [6.45, 7) is 3.35. The van der Waals surface area contributed by atoms with Crippen LogP contribution >= 0.6 is 0 Å². The van der Waals surface area contributed by atoms with Gasteiger partial charge in [0.15, 0.2) is 12.0 Å². The molecule has 1 aromatic heterocycles. The van der Waals surface area contributed by atoms with Crippen LogP contribution in [0.5, 0.6) is 0 Å². The standard InChI is InChI=1S/C5H4N2O3/c1-2-4-3-6-5(10-4)7(8)9/h2-3H,1H2. The van der Waals surface area contributed by atoms with E-state index in [1.54, 1.807) is 0 Å². The first-order valence-corrected chi connectivity index (χ1v) is 2.46. The van der Waals surface area contributed by atoms with Gasteiger partial charge >= 0.3 is 6.01 Å². The maximum Gasteiger partial charge on any atom is 0.546 e. The normalized spacial score (nSPS) is 9.20. The van der Waals surface area contributed by atoms with Gasteiger partial charge in [0.25, 0.3) is 0 Å². The van der Waals surface area contributed by atoms with E-state index < -0.39 is 10.9 Å². The zero-order valence-corrected chi connectivity index (χ0v) is 4.98. The van der Waals surface area contributed by atoms with E-state index in [4.69, 9.17) is 0 Å². The van der Waals surface area contributed by atoms with Crippen molar-refractivity contribution in [3.8, 4) is 0 Å². The maximum absolute atomic E-state index is 9.95. The third-order valence-corrected chi connectivity index (χ3v) is 0.869. The molecule has 0 fully saturated rings. The second kappa shape index (κ2) is 2.30. The van der Waals surface area contributed by atoms with Crippen LogP contribution in [-0.4, -0.2) is 9.91 Å². The van der Waals surface area contributed by atoms with E-state index in [-0.39, 0.29) is 0 Å². The number of rotatable bonds is 2. The summed E-state index contributed by atoms with van der Waals surface area (Å²) in [6.07, 6.45) is 2.59. The van der Waals surface area contributed by atoms with Crippen LogP contribution in [0.1, 0.15) is 5.76 Å². The van der Waals surface area contributed by atoms with Crippen LogP contribution in [-0.2, 0) is 0 Å². The lowest BCUT2D eigenvalue weighted by Gasteiger charge is -1.81. The average Bonchev–Trinajstić information content (AvgIpc) is 2.34. The second-order valence-corrected chi connectivity index (χ2v) is 1.51. The fourth-order valence-corrected chi connectivity index (χ4v) is 0.456. The van der Waals surface area contributed by atoms with Gasteiger partial charge < -0.3 is 14.5 Å². The highest BCUT2D eigenvalue weighted by molar-refractivity contribution is 5.38. The predicted octanol–water partition coefficient (Wildman–Crippen LogP) is 1.23. The Morgan fingerprint density at radius 1 is 1.90 bits per heavy atom. The first kappa shape index (κ1) is 6.47. The molecule has 1 rings (SSSR count). The highest BCUT2D eigenvalue weighted by atomic mass is 16.7. The summed E-state index contributed by atoms with van der Waals surface area (Å²) in [4.78, 5) is 12.6. The highest BCUT2D eigenvalue weighted by Gasteiger charge is 2.12. The molecular formula is C5H4N2O3. The molecule has 0 radical (unpaired) electrons. The van der Waals surface area contributed by atoms with E-state index in [1.165, 1.54) is 12.3 Å². The molecule has 0 amide bonds. The molecule has 0 N–H and O–H groups in total. The summed E-state index contributed by atoms with van der Waals surface area (Å²) in [6, 6.07) is -0.505. The Bertz CT molecular complexity index is 266. The SMILES string of the molecule is C=Cc1cnc([N+](=O)[O-])o1. The van der Waals surface area contributed by atoms with Crippen molar-refractivity contribution < 1.29 is 9.34 Å². The van der Waals surface area contributed by atoms with Crippen molar-refractivity contribution in [3.05, 3.63) is 28.7 Å². The molecule has 5 nitrogen and oxygen atoms in total. The topological polar surface area (TPSA) is 69.2 Å². The second-order valence-electron chi connectivity index (χ2n) is 1.51. The van der Waals surface area contributed by atoms with Gasteiger partial charge in [0.2, 0.25) is 0 Å². The van der Waals surface area contributed by atoms with Crippen LogP contribution in [0.3, 0.4) is 0 Å². The summed E-state index contributed by atoms with van der Waals surface area (Å²) in [5.74, 6) is 0.298. The van der Waals surface area contributed by atoms with E-state index in [1.807, 2.05) is 0 Å². The van der Waals surface area contributed by atoms with Crippen molar-refractivity contribution in [2.45, 2.75) is 0 Å². The van der Waals surface area contributed by atoms with Crippen LogP contribution in [0, 0.1) is 10.1 Å². The van der Waals surface area contributed by atoms with Gasteiger partial charge in [-0.25, -0.2) is 0 Å². The van der Waals surface area contributed by atoms with Crippen LogP contribution < -0.4 is 0 Å². The zero-order valence-electron chi connectivity index (χ0n) is 4.98. The van der Waals surface area contributed by atoms with E-state index in [0.29, 0.717) is 5.76 Å². The van der Waals surface area contributed by atoms with Gasteiger partial charge in [-0.05, 0) is 11.1 Å². The molecule has 0 bridgehead atoms. The van der Waals surface area contributed by atoms with Crippen molar-refractivity contribution >= 4 is 12.1 Å². The van der Waals surface area contributed by atoms with E-state index in [2.05, 4.69) is 16.0 Å². The van der Waals surface area contributed by atoms with E-state index >= 15 is 0 Å². The summed E-state index contributed by atoms with van der Waals surface area (Å²) in [5.41, 5.74) is 0. The minimum absolute atomic E-state index is 0.298. The number of nitro groups is 1. The molecule has 0 saturated carbocycles. The molecule has 0 saturated heterocycles. The number of oxazole rings is 1. The Morgan fingerprint density at radius 3 is 2.90 bits per heavy atom. The van der Waals surface area contributed by atoms with Crippen molar-refractivity contribution in [2.24, 2.45) is 0 Å². The zero-order chi connectivity index (χ0) is 7.56. The van der Waals surface area contributed by atoms with E-state index in [9.17, 15) is 10.1 Å². The summed E-state index contributed by atoms with van der Waals surface area (Å²) in [5, 5.41) is 9.95. The van der Waals surface area contributed by atoms with Crippen LogP contribution in [0.4, 0.5) is 6.01 Å². The minimum Gasteiger partial charge on any atom is -0.382 e. The van der Waals surface area contributed by atoms with Gasteiger partial charge in [0.1, 0.15) is 0 Å². The molecule has 0 aliphatic carbocycles. The molecule has 10 heavy (non-hydrogen) atoms. The molecule has 0 aliphatic rings. The highest BCUT2D eigenvalue weighted by Crippen LogP contribution is 2.10. The van der Waals surface area contributed by atoms with Crippen molar-refractivity contribution in [2.75, 3.05) is 0 Å². The molecule has 0 aromatic carbocycles. The molecule has 0 spiro atoms. The van der Waals surface area contributed by atoms with Gasteiger partial charge in [-0.3, -0.25) is 0 Å². The van der Waals surface area contributed by atoms with Crippen LogP contribution in [0.2, 0.25) is 0 Å². The molecule has 0 aliphatic heterocycles. The lowest BCUT2D eigenvalue weighted by molar-refractivity contribution is -0.407. The lowest BCUT2D eigenvalue weighted by atomic mass is 10.5. The van der Waals surface area contributed by atoms with Gasteiger partial charge in [-0.15, -0.1) is 0 Å².